The lowest BCUT2D eigenvalue weighted by Crippen LogP contribution is -2.28. The smallest absolute Gasteiger partial charge is 0.244 e. The Morgan fingerprint density at radius 1 is 1.26 bits per heavy atom. The molecular formula is C15H19NO5S2. The Balaban J connectivity index is 2.20. The molecule has 0 bridgehead atoms. The van der Waals surface area contributed by atoms with Crippen molar-refractivity contribution in [2.45, 2.75) is 17.9 Å². The first kappa shape index (κ1) is 17.7. The molecule has 0 saturated carbocycles. The molecule has 0 spiro atoms. The summed E-state index contributed by atoms with van der Waals surface area (Å²) in [7, 11) is -0.998. The maximum Gasteiger partial charge on any atom is 0.244 e. The molecule has 0 fully saturated rings. The van der Waals surface area contributed by atoms with Crippen LogP contribution in [-0.4, -0.2) is 34.3 Å². The van der Waals surface area contributed by atoms with Gasteiger partial charge in [0.1, 0.15) is 22.5 Å². The van der Waals surface area contributed by atoms with E-state index >= 15 is 0 Å². The van der Waals surface area contributed by atoms with Crippen LogP contribution >= 0.6 is 11.3 Å². The number of thiophene rings is 1. The number of rotatable bonds is 7. The summed E-state index contributed by atoms with van der Waals surface area (Å²) < 4.78 is 37.5. The molecule has 0 aliphatic rings. The predicted molar refractivity (Wildman–Crippen MR) is 88.8 cm³/mol. The molecule has 0 aliphatic heterocycles. The second kappa shape index (κ2) is 7.31. The van der Waals surface area contributed by atoms with Gasteiger partial charge in [0.05, 0.1) is 14.2 Å². The normalized spacial score (nSPS) is 12.9. The highest BCUT2D eigenvalue weighted by Gasteiger charge is 2.22. The number of methoxy groups -OCH3 is 2. The lowest BCUT2D eigenvalue weighted by atomic mass is 10.2. The fourth-order valence-electron chi connectivity index (χ4n) is 2.08. The third-order valence-electron chi connectivity index (χ3n) is 3.33. The average Bonchev–Trinajstić information content (AvgIpc) is 2.98. The van der Waals surface area contributed by atoms with Gasteiger partial charge in [-0.05, 0) is 36.1 Å². The number of ether oxygens (including phenoxy) is 2. The number of sulfonamides is 1. The molecule has 0 aliphatic carbocycles. The van der Waals surface area contributed by atoms with Crippen LogP contribution in [-0.2, 0) is 10.0 Å². The quantitative estimate of drug-likeness (QED) is 0.792. The number of aliphatic hydroxyl groups is 1. The van der Waals surface area contributed by atoms with Crippen LogP contribution in [0.3, 0.4) is 0 Å². The van der Waals surface area contributed by atoms with Crippen molar-refractivity contribution < 1.29 is 23.0 Å². The van der Waals surface area contributed by atoms with Crippen molar-refractivity contribution in [1.82, 2.24) is 4.72 Å². The second-order valence-corrected chi connectivity index (χ2v) is 7.54. The van der Waals surface area contributed by atoms with Crippen molar-refractivity contribution in [1.29, 1.82) is 0 Å². The van der Waals surface area contributed by atoms with Gasteiger partial charge in [0, 0.05) is 17.5 Å². The lowest BCUT2D eigenvalue weighted by Gasteiger charge is -2.14. The van der Waals surface area contributed by atoms with Gasteiger partial charge < -0.3 is 14.6 Å². The Labute approximate surface area is 139 Å². The van der Waals surface area contributed by atoms with Gasteiger partial charge >= 0.3 is 0 Å². The Kier molecular flexibility index (Phi) is 5.64. The van der Waals surface area contributed by atoms with Crippen LogP contribution in [0, 0.1) is 6.92 Å². The summed E-state index contributed by atoms with van der Waals surface area (Å²) in [6, 6.07) is 6.39. The van der Waals surface area contributed by atoms with E-state index in [2.05, 4.69) is 4.72 Å². The molecule has 1 atom stereocenters. The predicted octanol–water partition coefficient (Wildman–Crippen LogP) is 2.09. The highest BCUT2D eigenvalue weighted by molar-refractivity contribution is 7.89. The third kappa shape index (κ3) is 4.03. The molecule has 1 aromatic heterocycles. The summed E-state index contributed by atoms with van der Waals surface area (Å²) in [4.78, 5) is 0.708. The van der Waals surface area contributed by atoms with Gasteiger partial charge in [-0.25, -0.2) is 13.1 Å². The Morgan fingerprint density at radius 2 is 2.00 bits per heavy atom. The van der Waals surface area contributed by atoms with Gasteiger partial charge in [0.25, 0.3) is 0 Å². The van der Waals surface area contributed by atoms with Crippen LogP contribution in [0.5, 0.6) is 11.5 Å². The van der Waals surface area contributed by atoms with Crippen LogP contribution in [0.1, 0.15) is 16.5 Å². The van der Waals surface area contributed by atoms with E-state index in [-0.39, 0.29) is 17.2 Å². The summed E-state index contributed by atoms with van der Waals surface area (Å²) in [6.45, 7) is 1.75. The van der Waals surface area contributed by atoms with Gasteiger partial charge in [-0.15, -0.1) is 11.3 Å². The molecule has 1 aromatic carbocycles. The monoisotopic (exact) mass is 357 g/mol. The first-order valence-corrected chi connectivity index (χ1v) is 9.19. The van der Waals surface area contributed by atoms with E-state index in [1.54, 1.807) is 6.07 Å². The zero-order valence-corrected chi connectivity index (χ0v) is 14.7. The zero-order valence-electron chi connectivity index (χ0n) is 13.1. The summed E-state index contributed by atoms with van der Waals surface area (Å²) in [5, 5.41) is 12.0. The maximum absolute atomic E-state index is 12.5. The second-order valence-electron chi connectivity index (χ2n) is 4.85. The molecule has 23 heavy (non-hydrogen) atoms. The Bertz CT molecular complexity index is 770. The number of benzene rings is 1. The molecular weight excluding hydrogens is 338 g/mol. The fourth-order valence-corrected chi connectivity index (χ4v) is 4.21. The molecule has 126 valence electrons. The number of hydrogen-bond donors (Lipinski definition) is 2. The molecule has 1 unspecified atom stereocenters. The van der Waals surface area contributed by atoms with E-state index in [0.717, 1.165) is 10.4 Å². The highest BCUT2D eigenvalue weighted by atomic mass is 32.2. The lowest BCUT2D eigenvalue weighted by molar-refractivity contribution is 0.185. The summed E-state index contributed by atoms with van der Waals surface area (Å²) in [5.74, 6) is 0.612. The minimum atomic E-state index is -3.84. The Hall–Kier alpha value is -1.61. The van der Waals surface area contributed by atoms with E-state index in [4.69, 9.17) is 9.47 Å². The van der Waals surface area contributed by atoms with E-state index < -0.39 is 16.1 Å². The van der Waals surface area contributed by atoms with Crippen molar-refractivity contribution in [3.63, 3.8) is 0 Å². The molecule has 1 heterocycles. The number of hydrogen-bond acceptors (Lipinski definition) is 6. The summed E-state index contributed by atoms with van der Waals surface area (Å²) in [6.07, 6.45) is -0.902. The van der Waals surface area contributed by atoms with Crippen LogP contribution in [0.4, 0.5) is 0 Å². The number of aryl methyl sites for hydroxylation is 1. The molecule has 2 N–H and O–H groups in total. The molecule has 2 rings (SSSR count). The molecule has 0 radical (unpaired) electrons. The zero-order chi connectivity index (χ0) is 17.0. The van der Waals surface area contributed by atoms with Crippen LogP contribution in [0.15, 0.2) is 34.5 Å². The van der Waals surface area contributed by atoms with Crippen molar-refractivity contribution in [3.05, 3.63) is 40.1 Å². The average molecular weight is 357 g/mol. The minimum Gasteiger partial charge on any atom is -0.497 e. The number of nitrogens with one attached hydrogen (secondary N) is 1. The first-order chi connectivity index (χ1) is 10.9. The molecule has 6 nitrogen and oxygen atoms in total. The topological polar surface area (TPSA) is 84.9 Å². The molecule has 8 heteroatoms. The SMILES string of the molecule is COc1ccc(OC)c(S(=O)(=O)NCC(O)c2sccc2C)c1. The van der Waals surface area contributed by atoms with E-state index in [9.17, 15) is 13.5 Å². The number of aliphatic hydroxyl groups excluding tert-OH is 1. The first-order valence-electron chi connectivity index (χ1n) is 6.82. The van der Waals surface area contributed by atoms with Gasteiger partial charge in [-0.2, -0.15) is 0 Å². The van der Waals surface area contributed by atoms with Crippen molar-refractivity contribution >= 4 is 21.4 Å². The van der Waals surface area contributed by atoms with Gasteiger partial charge in [-0.3, -0.25) is 0 Å². The fraction of sp³-hybridized carbons (Fsp3) is 0.333. The van der Waals surface area contributed by atoms with Crippen LogP contribution in [0.25, 0.3) is 0 Å². The standard InChI is InChI=1S/C15H19NO5S2/c1-10-6-7-22-15(10)12(17)9-16-23(18,19)14-8-11(20-2)4-5-13(14)21-3/h4-8,12,16-17H,9H2,1-3H3. The van der Waals surface area contributed by atoms with Crippen LogP contribution < -0.4 is 14.2 Å². The highest BCUT2D eigenvalue weighted by Crippen LogP contribution is 2.29. The maximum atomic E-state index is 12.5. The van der Waals surface area contributed by atoms with Crippen molar-refractivity contribution in [2.75, 3.05) is 20.8 Å². The van der Waals surface area contributed by atoms with E-state index in [1.807, 2.05) is 18.4 Å². The summed E-state index contributed by atoms with van der Waals surface area (Å²) >= 11 is 1.39. The van der Waals surface area contributed by atoms with E-state index in [0.29, 0.717) is 5.75 Å². The van der Waals surface area contributed by atoms with Crippen molar-refractivity contribution in [3.8, 4) is 11.5 Å². The van der Waals surface area contributed by atoms with Crippen LogP contribution in [0.2, 0.25) is 0 Å². The van der Waals surface area contributed by atoms with Gasteiger partial charge in [-0.1, -0.05) is 0 Å². The van der Waals surface area contributed by atoms with E-state index in [1.165, 1.54) is 37.7 Å². The third-order valence-corrected chi connectivity index (χ3v) is 5.90. The molecule has 2 aromatic rings. The largest absolute Gasteiger partial charge is 0.497 e. The Morgan fingerprint density at radius 3 is 2.57 bits per heavy atom. The van der Waals surface area contributed by atoms with Crippen molar-refractivity contribution in [2.24, 2.45) is 0 Å². The van der Waals surface area contributed by atoms with Gasteiger partial charge in [0.15, 0.2) is 0 Å². The minimum absolute atomic E-state index is 0.0329. The molecule has 0 amide bonds. The molecule has 0 saturated heterocycles. The van der Waals surface area contributed by atoms with Gasteiger partial charge in [0.2, 0.25) is 10.0 Å². The summed E-state index contributed by atoms with van der Waals surface area (Å²) in [5.41, 5.74) is 0.931.